The minimum Gasteiger partial charge on any atom is -0.502 e. The van der Waals surface area contributed by atoms with E-state index in [0.29, 0.717) is 12.8 Å². The van der Waals surface area contributed by atoms with Gasteiger partial charge < -0.3 is 9.84 Å². The topological polar surface area (TPSA) is 63.6 Å². The van der Waals surface area contributed by atoms with E-state index < -0.39 is 11.7 Å². The second-order valence-electron chi connectivity index (χ2n) is 2.24. The molecule has 4 heteroatoms. The fourth-order valence-electron chi connectivity index (χ4n) is 0.635. The fraction of sp³-hybridized carbons (Fsp3) is 0.500. The SMILES string of the molecule is CCCC(=O)/C=C(\O)C(=O)OC. The van der Waals surface area contributed by atoms with Gasteiger partial charge in [-0.05, 0) is 6.42 Å². The molecule has 0 radical (unpaired) electrons. The van der Waals surface area contributed by atoms with Gasteiger partial charge in [-0.3, -0.25) is 4.79 Å². The van der Waals surface area contributed by atoms with Gasteiger partial charge in [-0.2, -0.15) is 0 Å². The van der Waals surface area contributed by atoms with Crippen LogP contribution in [-0.4, -0.2) is 24.0 Å². The van der Waals surface area contributed by atoms with Crippen LogP contribution in [0.4, 0.5) is 0 Å². The lowest BCUT2D eigenvalue weighted by Gasteiger charge is -1.95. The maximum absolute atomic E-state index is 10.8. The van der Waals surface area contributed by atoms with Gasteiger partial charge in [0, 0.05) is 12.5 Å². The number of ketones is 1. The zero-order valence-electron chi connectivity index (χ0n) is 7.16. The fourth-order valence-corrected chi connectivity index (χ4v) is 0.635. The lowest BCUT2D eigenvalue weighted by Crippen LogP contribution is -2.06. The molecule has 0 aromatic rings. The molecule has 0 rings (SSSR count). The van der Waals surface area contributed by atoms with Crippen molar-refractivity contribution in [1.82, 2.24) is 0 Å². The molecule has 0 aliphatic heterocycles. The highest BCUT2D eigenvalue weighted by atomic mass is 16.5. The average Bonchev–Trinajstić information content (AvgIpc) is 2.03. The van der Waals surface area contributed by atoms with Crippen LogP contribution in [-0.2, 0) is 14.3 Å². The summed E-state index contributed by atoms with van der Waals surface area (Å²) in [4.78, 5) is 21.4. The quantitative estimate of drug-likeness (QED) is 0.390. The summed E-state index contributed by atoms with van der Waals surface area (Å²) in [6.45, 7) is 1.83. The summed E-state index contributed by atoms with van der Waals surface area (Å²) in [6.07, 6.45) is 1.89. The lowest BCUT2D eigenvalue weighted by atomic mass is 10.2. The smallest absolute Gasteiger partial charge is 0.373 e. The highest BCUT2D eigenvalue weighted by Gasteiger charge is 2.08. The van der Waals surface area contributed by atoms with Crippen LogP contribution in [0.5, 0.6) is 0 Å². The number of carbonyl (C=O) groups is 2. The van der Waals surface area contributed by atoms with Crippen molar-refractivity contribution in [2.75, 3.05) is 7.11 Å². The summed E-state index contributed by atoms with van der Waals surface area (Å²) in [5.41, 5.74) is 0. The molecule has 0 amide bonds. The van der Waals surface area contributed by atoms with Crippen LogP contribution in [0.15, 0.2) is 11.8 Å². The Bertz CT molecular complexity index is 205. The zero-order chi connectivity index (χ0) is 9.56. The second kappa shape index (κ2) is 5.35. The molecule has 0 atom stereocenters. The number of allylic oxidation sites excluding steroid dienone is 1. The number of rotatable bonds is 4. The molecule has 0 aromatic carbocycles. The molecule has 0 fully saturated rings. The van der Waals surface area contributed by atoms with Crippen LogP contribution in [0.1, 0.15) is 19.8 Å². The van der Waals surface area contributed by atoms with E-state index in [1.165, 1.54) is 0 Å². The minimum atomic E-state index is -0.889. The van der Waals surface area contributed by atoms with Crippen molar-refractivity contribution in [3.05, 3.63) is 11.8 Å². The van der Waals surface area contributed by atoms with Crippen molar-refractivity contribution in [3.8, 4) is 0 Å². The number of aliphatic hydroxyl groups excluding tert-OH is 1. The summed E-state index contributed by atoms with van der Waals surface area (Å²) < 4.78 is 4.18. The van der Waals surface area contributed by atoms with E-state index in [4.69, 9.17) is 5.11 Å². The summed E-state index contributed by atoms with van der Waals surface area (Å²) in [7, 11) is 1.14. The average molecular weight is 172 g/mol. The maximum atomic E-state index is 10.8. The molecule has 0 spiro atoms. The van der Waals surface area contributed by atoms with Gasteiger partial charge in [-0.15, -0.1) is 0 Å². The number of ether oxygens (including phenoxy) is 1. The molecule has 0 aliphatic rings. The molecule has 0 heterocycles. The van der Waals surface area contributed by atoms with Gasteiger partial charge in [0.1, 0.15) is 0 Å². The van der Waals surface area contributed by atoms with Gasteiger partial charge in [0.05, 0.1) is 7.11 Å². The van der Waals surface area contributed by atoms with Crippen LogP contribution in [0.25, 0.3) is 0 Å². The lowest BCUT2D eigenvalue weighted by molar-refractivity contribution is -0.139. The summed E-state index contributed by atoms with van der Waals surface area (Å²) in [5, 5.41) is 8.88. The highest BCUT2D eigenvalue weighted by Crippen LogP contribution is 1.96. The van der Waals surface area contributed by atoms with E-state index in [1.54, 1.807) is 0 Å². The van der Waals surface area contributed by atoms with Crippen LogP contribution in [0.2, 0.25) is 0 Å². The number of hydrogen-bond acceptors (Lipinski definition) is 4. The van der Waals surface area contributed by atoms with Crippen molar-refractivity contribution in [2.45, 2.75) is 19.8 Å². The molecule has 0 saturated carbocycles. The Morgan fingerprint density at radius 1 is 1.50 bits per heavy atom. The molecule has 0 unspecified atom stereocenters. The van der Waals surface area contributed by atoms with Gasteiger partial charge in [0.15, 0.2) is 5.78 Å². The van der Waals surface area contributed by atoms with E-state index in [2.05, 4.69) is 4.74 Å². The molecule has 1 N–H and O–H groups in total. The summed E-state index contributed by atoms with van der Waals surface area (Å²) in [5.74, 6) is -1.81. The normalized spacial score (nSPS) is 11.0. The first kappa shape index (κ1) is 10.7. The van der Waals surface area contributed by atoms with Crippen molar-refractivity contribution in [1.29, 1.82) is 0 Å². The predicted octanol–water partition coefficient (Wildman–Crippen LogP) is 0.970. The predicted molar refractivity (Wildman–Crippen MR) is 42.6 cm³/mol. The Morgan fingerprint density at radius 2 is 2.08 bits per heavy atom. The Balaban J connectivity index is 4.15. The highest BCUT2D eigenvalue weighted by molar-refractivity contribution is 5.97. The number of hydrogen-bond donors (Lipinski definition) is 1. The third-order valence-electron chi connectivity index (χ3n) is 1.19. The van der Waals surface area contributed by atoms with Gasteiger partial charge in [0.2, 0.25) is 5.76 Å². The Kier molecular flexibility index (Phi) is 4.76. The van der Waals surface area contributed by atoms with Gasteiger partial charge in [-0.25, -0.2) is 4.79 Å². The Morgan fingerprint density at radius 3 is 2.50 bits per heavy atom. The molecular formula is C8H12O4. The monoisotopic (exact) mass is 172 g/mol. The van der Waals surface area contributed by atoms with E-state index in [1.807, 2.05) is 6.92 Å². The van der Waals surface area contributed by atoms with Crippen LogP contribution in [0.3, 0.4) is 0 Å². The number of methoxy groups -OCH3 is 1. The van der Waals surface area contributed by atoms with E-state index in [-0.39, 0.29) is 5.78 Å². The Labute approximate surface area is 70.8 Å². The third kappa shape index (κ3) is 3.75. The molecule has 0 bridgehead atoms. The summed E-state index contributed by atoms with van der Waals surface area (Å²) >= 11 is 0. The van der Waals surface area contributed by atoms with Gasteiger partial charge in [-0.1, -0.05) is 6.92 Å². The second-order valence-corrected chi connectivity index (χ2v) is 2.24. The first-order chi connectivity index (χ1) is 5.61. The van der Waals surface area contributed by atoms with Crippen molar-refractivity contribution < 1.29 is 19.4 Å². The maximum Gasteiger partial charge on any atom is 0.373 e. The first-order valence-corrected chi connectivity index (χ1v) is 3.63. The van der Waals surface area contributed by atoms with Crippen LogP contribution < -0.4 is 0 Å². The zero-order valence-corrected chi connectivity index (χ0v) is 7.16. The molecule has 68 valence electrons. The molecule has 12 heavy (non-hydrogen) atoms. The standard InChI is InChI=1S/C8H12O4/c1-3-4-6(9)5-7(10)8(11)12-2/h5,10H,3-4H2,1-2H3/b7-5-. The van der Waals surface area contributed by atoms with Crippen molar-refractivity contribution in [3.63, 3.8) is 0 Å². The van der Waals surface area contributed by atoms with E-state index in [0.717, 1.165) is 13.2 Å². The van der Waals surface area contributed by atoms with Crippen molar-refractivity contribution >= 4 is 11.8 Å². The van der Waals surface area contributed by atoms with Gasteiger partial charge in [0.25, 0.3) is 0 Å². The largest absolute Gasteiger partial charge is 0.502 e. The van der Waals surface area contributed by atoms with Crippen LogP contribution >= 0.6 is 0 Å². The number of esters is 1. The summed E-state index contributed by atoms with van der Waals surface area (Å²) in [6, 6.07) is 0. The third-order valence-corrected chi connectivity index (χ3v) is 1.19. The Hall–Kier alpha value is -1.32. The molecule has 0 saturated heterocycles. The minimum absolute atomic E-state index is 0.277. The first-order valence-electron chi connectivity index (χ1n) is 3.63. The number of carbonyl (C=O) groups excluding carboxylic acids is 2. The molecule has 0 aliphatic carbocycles. The van der Waals surface area contributed by atoms with E-state index >= 15 is 0 Å². The van der Waals surface area contributed by atoms with Crippen molar-refractivity contribution in [2.24, 2.45) is 0 Å². The van der Waals surface area contributed by atoms with Crippen LogP contribution in [0, 0.1) is 0 Å². The molecular weight excluding hydrogens is 160 g/mol. The molecule has 0 aromatic heterocycles. The van der Waals surface area contributed by atoms with Gasteiger partial charge >= 0.3 is 5.97 Å². The van der Waals surface area contributed by atoms with E-state index in [9.17, 15) is 9.59 Å². The molecule has 4 nitrogen and oxygen atoms in total. The number of aliphatic hydroxyl groups is 1.